The fourth-order valence-electron chi connectivity index (χ4n) is 1.65. The standard InChI is InChI=1S/C11H9FN2O/c12-7-2-1-3-8-9(7)11(15)14-10(13-8)6-4-5-6/h1-3,6H,4-5H2,(H,13,14,15)/p-1. The number of hydrogen-bond acceptors (Lipinski definition) is 3. The average Bonchev–Trinajstić information content (AvgIpc) is 3.00. The van der Waals surface area contributed by atoms with Crippen LogP contribution in [-0.2, 0) is 0 Å². The van der Waals surface area contributed by atoms with Crippen LogP contribution in [0.2, 0.25) is 0 Å². The van der Waals surface area contributed by atoms with Crippen LogP contribution in [0.25, 0.3) is 10.9 Å². The number of benzene rings is 1. The summed E-state index contributed by atoms with van der Waals surface area (Å²) in [5, 5.41) is 11.6. The van der Waals surface area contributed by atoms with Gasteiger partial charge in [0.1, 0.15) is 11.6 Å². The van der Waals surface area contributed by atoms with E-state index in [2.05, 4.69) is 9.97 Å². The van der Waals surface area contributed by atoms with Crippen LogP contribution in [0.5, 0.6) is 5.88 Å². The van der Waals surface area contributed by atoms with Crippen molar-refractivity contribution in [3.8, 4) is 5.88 Å². The van der Waals surface area contributed by atoms with Crippen LogP contribution in [0.1, 0.15) is 24.6 Å². The normalized spacial score (nSPS) is 15.8. The van der Waals surface area contributed by atoms with Crippen LogP contribution in [0.3, 0.4) is 0 Å². The van der Waals surface area contributed by atoms with Crippen LogP contribution in [0.15, 0.2) is 18.2 Å². The quantitative estimate of drug-likeness (QED) is 0.709. The molecule has 0 radical (unpaired) electrons. The van der Waals surface area contributed by atoms with Gasteiger partial charge in [-0.1, -0.05) is 6.07 Å². The van der Waals surface area contributed by atoms with Crippen molar-refractivity contribution in [2.24, 2.45) is 0 Å². The van der Waals surface area contributed by atoms with Crippen LogP contribution < -0.4 is 5.11 Å². The lowest BCUT2D eigenvalue weighted by molar-refractivity contribution is -0.272. The molecule has 1 aromatic heterocycles. The largest absolute Gasteiger partial charge is 0.858 e. The van der Waals surface area contributed by atoms with Gasteiger partial charge in [-0.15, -0.1) is 0 Å². The highest BCUT2D eigenvalue weighted by Crippen LogP contribution is 2.39. The highest BCUT2D eigenvalue weighted by Gasteiger charge is 2.26. The van der Waals surface area contributed by atoms with Gasteiger partial charge in [0.15, 0.2) is 0 Å². The van der Waals surface area contributed by atoms with Crippen LogP contribution in [0.4, 0.5) is 4.39 Å². The van der Waals surface area contributed by atoms with E-state index in [9.17, 15) is 9.50 Å². The summed E-state index contributed by atoms with van der Waals surface area (Å²) in [4.78, 5) is 8.03. The lowest BCUT2D eigenvalue weighted by Crippen LogP contribution is -2.02. The maximum absolute atomic E-state index is 13.3. The number of aromatic nitrogens is 2. The molecule has 76 valence electrons. The van der Waals surface area contributed by atoms with E-state index in [1.54, 1.807) is 12.1 Å². The number of nitrogens with zero attached hydrogens (tertiary/aromatic N) is 2. The molecule has 0 N–H and O–H groups in total. The molecule has 0 bridgehead atoms. The first-order chi connectivity index (χ1) is 7.25. The molecule has 1 heterocycles. The molecule has 1 fully saturated rings. The van der Waals surface area contributed by atoms with E-state index in [4.69, 9.17) is 0 Å². The summed E-state index contributed by atoms with van der Waals surface area (Å²) < 4.78 is 13.3. The number of halogens is 1. The second kappa shape index (κ2) is 2.89. The zero-order valence-corrected chi connectivity index (χ0v) is 7.90. The Labute approximate surface area is 85.6 Å². The lowest BCUT2D eigenvalue weighted by Gasteiger charge is -2.11. The molecule has 1 aliphatic carbocycles. The predicted molar refractivity (Wildman–Crippen MR) is 50.9 cm³/mol. The van der Waals surface area contributed by atoms with Gasteiger partial charge in [-0.05, 0) is 25.0 Å². The highest BCUT2D eigenvalue weighted by molar-refractivity contribution is 5.83. The van der Waals surface area contributed by atoms with Crippen molar-refractivity contribution >= 4 is 10.9 Å². The van der Waals surface area contributed by atoms with E-state index in [-0.39, 0.29) is 5.39 Å². The van der Waals surface area contributed by atoms with Crippen molar-refractivity contribution in [2.45, 2.75) is 18.8 Å². The first kappa shape index (κ1) is 8.59. The van der Waals surface area contributed by atoms with Gasteiger partial charge in [-0.25, -0.2) is 14.4 Å². The average molecular weight is 203 g/mol. The van der Waals surface area contributed by atoms with Gasteiger partial charge in [-0.2, -0.15) is 0 Å². The smallest absolute Gasteiger partial charge is 0.133 e. The predicted octanol–water partition coefficient (Wildman–Crippen LogP) is 1.72. The molecule has 1 aliphatic rings. The van der Waals surface area contributed by atoms with E-state index in [1.807, 2.05) is 0 Å². The van der Waals surface area contributed by atoms with Gasteiger partial charge < -0.3 is 5.11 Å². The minimum absolute atomic E-state index is 0.00176. The topological polar surface area (TPSA) is 48.8 Å². The van der Waals surface area contributed by atoms with Gasteiger partial charge in [0.25, 0.3) is 0 Å². The van der Waals surface area contributed by atoms with E-state index in [0.29, 0.717) is 17.3 Å². The molecule has 0 amide bonds. The summed E-state index contributed by atoms with van der Waals surface area (Å²) in [6, 6.07) is 4.46. The zero-order chi connectivity index (χ0) is 10.4. The summed E-state index contributed by atoms with van der Waals surface area (Å²) in [5.74, 6) is -0.164. The zero-order valence-electron chi connectivity index (χ0n) is 7.90. The van der Waals surface area contributed by atoms with E-state index in [1.165, 1.54) is 6.07 Å². The van der Waals surface area contributed by atoms with Crippen LogP contribution in [-0.4, -0.2) is 9.97 Å². The minimum Gasteiger partial charge on any atom is -0.858 e. The first-order valence-electron chi connectivity index (χ1n) is 4.89. The second-order valence-corrected chi connectivity index (χ2v) is 3.80. The molecule has 1 aromatic carbocycles. The maximum atomic E-state index is 13.3. The van der Waals surface area contributed by atoms with Gasteiger partial charge in [0.2, 0.25) is 0 Å². The first-order valence-corrected chi connectivity index (χ1v) is 4.89. The summed E-state index contributed by atoms with van der Waals surface area (Å²) in [5.41, 5.74) is 0.414. The third-order valence-corrected chi connectivity index (χ3v) is 2.60. The third kappa shape index (κ3) is 1.33. The Morgan fingerprint density at radius 1 is 1.27 bits per heavy atom. The molecule has 4 heteroatoms. The van der Waals surface area contributed by atoms with Crippen molar-refractivity contribution in [3.63, 3.8) is 0 Å². The van der Waals surface area contributed by atoms with Crippen molar-refractivity contribution in [1.29, 1.82) is 0 Å². The molecule has 0 aliphatic heterocycles. The molecule has 0 saturated heterocycles. The van der Waals surface area contributed by atoms with Crippen LogP contribution >= 0.6 is 0 Å². The fourth-order valence-corrected chi connectivity index (χ4v) is 1.65. The van der Waals surface area contributed by atoms with E-state index >= 15 is 0 Å². The van der Waals surface area contributed by atoms with Gasteiger partial charge in [0.05, 0.1) is 5.52 Å². The van der Waals surface area contributed by atoms with Crippen molar-refractivity contribution < 1.29 is 9.50 Å². The second-order valence-electron chi connectivity index (χ2n) is 3.80. The number of hydrogen-bond donors (Lipinski definition) is 0. The molecular formula is C11H8FN2O-. The Morgan fingerprint density at radius 3 is 2.80 bits per heavy atom. The summed E-state index contributed by atoms with van der Waals surface area (Å²) in [6.45, 7) is 0. The Morgan fingerprint density at radius 2 is 2.07 bits per heavy atom. The Balaban J connectivity index is 2.31. The lowest BCUT2D eigenvalue weighted by atomic mass is 10.2. The Bertz CT molecular complexity index is 537. The van der Waals surface area contributed by atoms with Crippen molar-refractivity contribution in [2.75, 3.05) is 0 Å². The molecule has 0 spiro atoms. The molecule has 2 aromatic rings. The molecule has 1 saturated carbocycles. The monoisotopic (exact) mass is 203 g/mol. The molecule has 3 nitrogen and oxygen atoms in total. The molecule has 0 unspecified atom stereocenters. The van der Waals surface area contributed by atoms with Crippen LogP contribution in [0, 0.1) is 5.82 Å². The Hall–Kier alpha value is -1.71. The van der Waals surface area contributed by atoms with E-state index < -0.39 is 11.7 Å². The minimum atomic E-state index is -0.542. The van der Waals surface area contributed by atoms with Gasteiger partial charge in [0, 0.05) is 17.2 Å². The van der Waals surface area contributed by atoms with E-state index in [0.717, 1.165) is 12.8 Å². The summed E-state index contributed by atoms with van der Waals surface area (Å²) in [6.07, 6.45) is 2.06. The SMILES string of the molecule is [O-]c1nc(C2CC2)nc2cccc(F)c12. The van der Waals surface area contributed by atoms with Crippen molar-refractivity contribution in [3.05, 3.63) is 29.8 Å². The molecule has 3 rings (SSSR count). The number of fused-ring (bicyclic) bond motifs is 1. The molecule has 0 atom stereocenters. The van der Waals surface area contributed by atoms with Gasteiger partial charge >= 0.3 is 0 Å². The molecule has 15 heavy (non-hydrogen) atoms. The fraction of sp³-hybridized carbons (Fsp3) is 0.273. The number of rotatable bonds is 1. The summed E-state index contributed by atoms with van der Waals surface area (Å²) in [7, 11) is 0. The molecular weight excluding hydrogens is 195 g/mol. The Kier molecular flexibility index (Phi) is 1.65. The third-order valence-electron chi connectivity index (χ3n) is 2.60. The highest BCUT2D eigenvalue weighted by atomic mass is 19.1. The summed E-state index contributed by atoms with van der Waals surface area (Å²) >= 11 is 0. The maximum Gasteiger partial charge on any atom is 0.133 e. The van der Waals surface area contributed by atoms with Gasteiger partial charge in [-0.3, -0.25) is 0 Å². The van der Waals surface area contributed by atoms with Crippen molar-refractivity contribution in [1.82, 2.24) is 9.97 Å².